The van der Waals surface area contributed by atoms with Gasteiger partial charge in [0.25, 0.3) is 0 Å². The fourth-order valence-electron chi connectivity index (χ4n) is 2.23. The van der Waals surface area contributed by atoms with Crippen molar-refractivity contribution >= 4 is 28.3 Å². The Labute approximate surface area is 121 Å². The summed E-state index contributed by atoms with van der Waals surface area (Å²) in [5, 5.41) is 1.42. The average Bonchev–Trinajstić information content (AvgIpc) is 2.47. The van der Waals surface area contributed by atoms with E-state index in [1.54, 1.807) is 7.11 Å². The zero-order chi connectivity index (χ0) is 14.1. The van der Waals surface area contributed by atoms with Crippen molar-refractivity contribution in [3.8, 4) is 16.9 Å². The summed E-state index contributed by atoms with van der Waals surface area (Å²) in [6.45, 7) is 0. The van der Waals surface area contributed by atoms with E-state index in [1.807, 2.05) is 36.4 Å². The van der Waals surface area contributed by atoms with Gasteiger partial charge in [-0.15, -0.1) is 0 Å². The molecule has 2 aromatic carbocycles. The molecule has 5 heteroatoms. The third-order valence-corrected chi connectivity index (χ3v) is 3.49. The number of rotatable bonds is 2. The topological polar surface area (TPSA) is 61.0 Å². The molecular weight excluding hydrogens is 274 g/mol. The molecule has 20 heavy (non-hydrogen) atoms. The number of nitrogens with two attached hydrogens (primary N) is 1. The van der Waals surface area contributed by atoms with E-state index < -0.39 is 0 Å². The Morgan fingerprint density at radius 2 is 1.90 bits per heavy atom. The predicted molar refractivity (Wildman–Crippen MR) is 80.9 cm³/mol. The Kier molecular flexibility index (Phi) is 3.16. The van der Waals surface area contributed by atoms with Crippen LogP contribution in [0.3, 0.4) is 0 Å². The molecule has 3 rings (SSSR count). The van der Waals surface area contributed by atoms with E-state index in [4.69, 9.17) is 22.1 Å². The van der Waals surface area contributed by atoms with E-state index in [9.17, 15) is 0 Å². The van der Waals surface area contributed by atoms with Gasteiger partial charge < -0.3 is 10.5 Å². The zero-order valence-corrected chi connectivity index (χ0v) is 11.6. The van der Waals surface area contributed by atoms with Crippen LogP contribution in [-0.4, -0.2) is 17.1 Å². The molecule has 0 bridgehead atoms. The van der Waals surface area contributed by atoms with E-state index in [1.165, 1.54) is 6.33 Å². The molecule has 100 valence electrons. The molecule has 0 saturated carbocycles. The number of aromatic nitrogens is 2. The first kappa shape index (κ1) is 12.7. The SMILES string of the molecule is COc1ccc2c(N)ncnc2c1-c1ccccc1Cl. The van der Waals surface area contributed by atoms with Crippen molar-refractivity contribution in [2.24, 2.45) is 0 Å². The smallest absolute Gasteiger partial charge is 0.134 e. The Morgan fingerprint density at radius 1 is 1.10 bits per heavy atom. The summed E-state index contributed by atoms with van der Waals surface area (Å²) in [7, 11) is 1.62. The molecule has 0 unspecified atom stereocenters. The first-order chi connectivity index (χ1) is 9.72. The Balaban J connectivity index is 2.44. The number of anilines is 1. The maximum absolute atomic E-state index is 6.30. The van der Waals surface area contributed by atoms with Gasteiger partial charge in [0, 0.05) is 16.0 Å². The number of fused-ring (bicyclic) bond motifs is 1. The second-order valence-corrected chi connectivity index (χ2v) is 4.68. The van der Waals surface area contributed by atoms with E-state index >= 15 is 0 Å². The fraction of sp³-hybridized carbons (Fsp3) is 0.0667. The van der Waals surface area contributed by atoms with Gasteiger partial charge in [-0.1, -0.05) is 29.8 Å². The van der Waals surface area contributed by atoms with Gasteiger partial charge in [-0.05, 0) is 18.2 Å². The molecule has 3 aromatic rings. The van der Waals surface area contributed by atoms with Gasteiger partial charge in [0.15, 0.2) is 0 Å². The number of benzene rings is 2. The Bertz CT molecular complexity index is 789. The lowest BCUT2D eigenvalue weighted by molar-refractivity contribution is 0.417. The maximum atomic E-state index is 6.30. The zero-order valence-electron chi connectivity index (χ0n) is 10.8. The van der Waals surface area contributed by atoms with Gasteiger partial charge in [-0.3, -0.25) is 0 Å². The predicted octanol–water partition coefficient (Wildman–Crippen LogP) is 3.54. The molecule has 2 N–H and O–H groups in total. The monoisotopic (exact) mass is 285 g/mol. The van der Waals surface area contributed by atoms with Gasteiger partial charge in [-0.2, -0.15) is 0 Å². The Hall–Kier alpha value is -2.33. The molecule has 0 aliphatic carbocycles. The summed E-state index contributed by atoms with van der Waals surface area (Å²) >= 11 is 6.30. The Morgan fingerprint density at radius 3 is 2.65 bits per heavy atom. The lowest BCUT2D eigenvalue weighted by Gasteiger charge is -2.13. The van der Waals surface area contributed by atoms with E-state index in [2.05, 4.69) is 9.97 Å². The second kappa shape index (κ2) is 4.98. The lowest BCUT2D eigenvalue weighted by atomic mass is 10.0. The molecule has 0 aliphatic rings. The highest BCUT2D eigenvalue weighted by Gasteiger charge is 2.15. The van der Waals surface area contributed by atoms with Crippen LogP contribution >= 0.6 is 11.6 Å². The molecule has 1 aromatic heterocycles. The van der Waals surface area contributed by atoms with Gasteiger partial charge in [-0.25, -0.2) is 9.97 Å². The van der Waals surface area contributed by atoms with E-state index in [0.29, 0.717) is 16.6 Å². The molecule has 0 fully saturated rings. The summed E-state index contributed by atoms with van der Waals surface area (Å²) in [6, 6.07) is 11.3. The molecule has 0 atom stereocenters. The first-order valence-electron chi connectivity index (χ1n) is 6.04. The summed E-state index contributed by atoms with van der Waals surface area (Å²) in [5.41, 5.74) is 8.31. The molecule has 0 saturated heterocycles. The van der Waals surface area contributed by atoms with E-state index in [-0.39, 0.29) is 0 Å². The van der Waals surface area contributed by atoms with Crippen molar-refractivity contribution in [1.29, 1.82) is 0 Å². The highest BCUT2D eigenvalue weighted by Crippen LogP contribution is 2.39. The van der Waals surface area contributed by atoms with E-state index in [0.717, 1.165) is 22.0 Å². The lowest BCUT2D eigenvalue weighted by Crippen LogP contribution is -1.97. The summed E-state index contributed by atoms with van der Waals surface area (Å²) in [4.78, 5) is 8.35. The van der Waals surface area contributed by atoms with Crippen molar-refractivity contribution in [1.82, 2.24) is 9.97 Å². The van der Waals surface area contributed by atoms with Crippen LogP contribution in [0, 0.1) is 0 Å². The van der Waals surface area contributed by atoms with Crippen LogP contribution < -0.4 is 10.5 Å². The largest absolute Gasteiger partial charge is 0.496 e. The van der Waals surface area contributed by atoms with Crippen LogP contribution in [0.2, 0.25) is 5.02 Å². The number of methoxy groups -OCH3 is 1. The molecule has 4 nitrogen and oxygen atoms in total. The third-order valence-electron chi connectivity index (χ3n) is 3.16. The van der Waals surface area contributed by atoms with Crippen molar-refractivity contribution in [3.05, 3.63) is 47.7 Å². The van der Waals surface area contributed by atoms with Crippen LogP contribution in [0.5, 0.6) is 5.75 Å². The van der Waals surface area contributed by atoms with Gasteiger partial charge in [0.05, 0.1) is 18.2 Å². The number of ether oxygens (including phenoxy) is 1. The normalized spacial score (nSPS) is 10.7. The summed E-state index contributed by atoms with van der Waals surface area (Å²) in [5.74, 6) is 1.13. The van der Waals surface area contributed by atoms with Gasteiger partial charge in [0.2, 0.25) is 0 Å². The second-order valence-electron chi connectivity index (χ2n) is 4.28. The molecular formula is C15H12ClN3O. The number of nitrogens with zero attached hydrogens (tertiary/aromatic N) is 2. The summed E-state index contributed by atoms with van der Waals surface area (Å²) < 4.78 is 5.44. The van der Waals surface area contributed by atoms with Crippen molar-refractivity contribution in [2.45, 2.75) is 0 Å². The highest BCUT2D eigenvalue weighted by molar-refractivity contribution is 6.33. The standard InChI is InChI=1S/C15H12ClN3O/c1-20-12-7-6-10-14(18-8-19-15(10)17)13(12)9-4-2-3-5-11(9)16/h2-8H,1H3,(H2,17,18,19). The third kappa shape index (κ3) is 1.94. The minimum atomic E-state index is 0.436. The van der Waals surface area contributed by atoms with Gasteiger partial charge in [0.1, 0.15) is 17.9 Å². The summed E-state index contributed by atoms with van der Waals surface area (Å²) in [6.07, 6.45) is 1.44. The molecule has 0 amide bonds. The molecule has 0 spiro atoms. The van der Waals surface area contributed by atoms with Crippen molar-refractivity contribution < 1.29 is 4.74 Å². The van der Waals surface area contributed by atoms with Gasteiger partial charge >= 0.3 is 0 Å². The van der Waals surface area contributed by atoms with Crippen LogP contribution in [0.25, 0.3) is 22.0 Å². The number of nitrogen functional groups attached to an aromatic ring is 1. The van der Waals surface area contributed by atoms with Crippen molar-refractivity contribution in [2.75, 3.05) is 12.8 Å². The molecule has 1 heterocycles. The first-order valence-corrected chi connectivity index (χ1v) is 6.42. The molecule has 0 radical (unpaired) electrons. The quantitative estimate of drug-likeness (QED) is 0.782. The maximum Gasteiger partial charge on any atom is 0.134 e. The van der Waals surface area contributed by atoms with Crippen LogP contribution in [-0.2, 0) is 0 Å². The fourth-order valence-corrected chi connectivity index (χ4v) is 2.46. The minimum absolute atomic E-state index is 0.436. The van der Waals surface area contributed by atoms with Crippen molar-refractivity contribution in [3.63, 3.8) is 0 Å². The highest BCUT2D eigenvalue weighted by atomic mass is 35.5. The number of hydrogen-bond acceptors (Lipinski definition) is 4. The van der Waals surface area contributed by atoms with Crippen LogP contribution in [0.1, 0.15) is 0 Å². The minimum Gasteiger partial charge on any atom is -0.496 e. The number of halogens is 1. The molecule has 0 aliphatic heterocycles. The average molecular weight is 286 g/mol. The number of hydrogen-bond donors (Lipinski definition) is 1. The van der Waals surface area contributed by atoms with Crippen LogP contribution in [0.4, 0.5) is 5.82 Å². The van der Waals surface area contributed by atoms with Crippen LogP contribution in [0.15, 0.2) is 42.7 Å².